The Morgan fingerprint density at radius 1 is 1.30 bits per heavy atom. The predicted octanol–water partition coefficient (Wildman–Crippen LogP) is 2.86. The van der Waals surface area contributed by atoms with Gasteiger partial charge in [0.15, 0.2) is 11.5 Å². The second-order valence-electron chi connectivity index (χ2n) is 4.73. The zero-order valence-electron chi connectivity index (χ0n) is 12.4. The third-order valence-corrected chi connectivity index (χ3v) is 3.65. The van der Waals surface area contributed by atoms with Crippen molar-refractivity contribution in [3.05, 3.63) is 22.7 Å². The van der Waals surface area contributed by atoms with Crippen LogP contribution in [0.2, 0.25) is 5.02 Å². The highest BCUT2D eigenvalue weighted by molar-refractivity contribution is 6.32. The van der Waals surface area contributed by atoms with E-state index in [1.165, 1.54) is 0 Å². The molecule has 0 aromatic heterocycles. The Morgan fingerprint density at radius 3 is 2.60 bits per heavy atom. The highest BCUT2D eigenvalue weighted by Crippen LogP contribution is 2.35. The van der Waals surface area contributed by atoms with Crippen LogP contribution >= 0.6 is 11.6 Å². The molecule has 20 heavy (non-hydrogen) atoms. The Kier molecular flexibility index (Phi) is 7.73. The first kappa shape index (κ1) is 17.1. The zero-order chi connectivity index (χ0) is 15.0. The number of nitrogens with one attached hydrogen (secondary N) is 1. The van der Waals surface area contributed by atoms with Gasteiger partial charge in [0, 0.05) is 13.2 Å². The van der Waals surface area contributed by atoms with Gasteiger partial charge >= 0.3 is 0 Å². The third kappa shape index (κ3) is 4.85. The molecule has 114 valence electrons. The third-order valence-electron chi connectivity index (χ3n) is 3.37. The first-order chi connectivity index (χ1) is 9.65. The number of benzene rings is 1. The second-order valence-corrected chi connectivity index (χ2v) is 5.14. The van der Waals surface area contributed by atoms with Crippen LogP contribution in [-0.2, 0) is 6.54 Å². The molecule has 5 heteroatoms. The summed E-state index contributed by atoms with van der Waals surface area (Å²) in [7, 11) is 3.17. The van der Waals surface area contributed by atoms with E-state index in [2.05, 4.69) is 12.2 Å². The Hall–Kier alpha value is -0.970. The van der Waals surface area contributed by atoms with Crippen molar-refractivity contribution in [1.29, 1.82) is 0 Å². The topological polar surface area (TPSA) is 50.7 Å². The number of aliphatic hydroxyl groups excluding tert-OH is 1. The van der Waals surface area contributed by atoms with E-state index in [1.807, 2.05) is 12.1 Å². The van der Waals surface area contributed by atoms with E-state index in [0.29, 0.717) is 29.0 Å². The lowest BCUT2D eigenvalue weighted by atomic mass is 10.0. The van der Waals surface area contributed by atoms with E-state index in [9.17, 15) is 0 Å². The summed E-state index contributed by atoms with van der Waals surface area (Å²) in [4.78, 5) is 0. The number of methoxy groups -OCH3 is 2. The van der Waals surface area contributed by atoms with Crippen molar-refractivity contribution < 1.29 is 14.6 Å². The molecule has 2 N–H and O–H groups in total. The molecule has 1 aromatic rings. The molecule has 0 aliphatic carbocycles. The van der Waals surface area contributed by atoms with Crippen molar-refractivity contribution in [2.75, 3.05) is 27.4 Å². The van der Waals surface area contributed by atoms with Crippen molar-refractivity contribution in [3.8, 4) is 11.5 Å². The first-order valence-electron chi connectivity index (χ1n) is 6.88. The van der Waals surface area contributed by atoms with Crippen LogP contribution < -0.4 is 14.8 Å². The van der Waals surface area contributed by atoms with Gasteiger partial charge in [0.25, 0.3) is 0 Å². The van der Waals surface area contributed by atoms with Gasteiger partial charge in [-0.05, 0) is 36.6 Å². The lowest BCUT2D eigenvalue weighted by Crippen LogP contribution is -2.23. The van der Waals surface area contributed by atoms with Crippen LogP contribution in [0.4, 0.5) is 0 Å². The number of halogens is 1. The van der Waals surface area contributed by atoms with Gasteiger partial charge in [-0.25, -0.2) is 0 Å². The first-order valence-corrected chi connectivity index (χ1v) is 7.26. The molecule has 0 amide bonds. The van der Waals surface area contributed by atoms with Crippen LogP contribution in [0.5, 0.6) is 11.5 Å². The number of rotatable bonds is 9. The van der Waals surface area contributed by atoms with Crippen LogP contribution in [0.3, 0.4) is 0 Å². The van der Waals surface area contributed by atoms with Crippen molar-refractivity contribution >= 4 is 11.6 Å². The molecule has 0 saturated carbocycles. The Morgan fingerprint density at radius 2 is 2.05 bits per heavy atom. The molecule has 0 aliphatic rings. The van der Waals surface area contributed by atoms with Gasteiger partial charge in [0.05, 0.1) is 19.2 Å². The molecule has 0 bridgehead atoms. The summed E-state index contributed by atoms with van der Waals surface area (Å²) in [6.07, 6.45) is 1.89. The molecule has 0 aliphatic heterocycles. The molecule has 0 spiro atoms. The fourth-order valence-electron chi connectivity index (χ4n) is 2.13. The average Bonchev–Trinajstić information content (AvgIpc) is 2.45. The Balaban J connectivity index is 2.62. The number of hydrogen-bond donors (Lipinski definition) is 2. The van der Waals surface area contributed by atoms with Gasteiger partial charge < -0.3 is 19.9 Å². The summed E-state index contributed by atoms with van der Waals surface area (Å²) in [6.45, 7) is 3.96. The Labute approximate surface area is 126 Å². The number of aliphatic hydroxyl groups is 1. The van der Waals surface area contributed by atoms with Gasteiger partial charge in [0.2, 0.25) is 0 Å². The normalized spacial score (nSPS) is 12.2. The van der Waals surface area contributed by atoms with Crippen LogP contribution in [0.1, 0.15) is 25.3 Å². The second kappa shape index (κ2) is 9.06. The van der Waals surface area contributed by atoms with Gasteiger partial charge in [-0.3, -0.25) is 0 Å². The van der Waals surface area contributed by atoms with E-state index in [0.717, 1.165) is 24.9 Å². The molecule has 4 nitrogen and oxygen atoms in total. The summed E-state index contributed by atoms with van der Waals surface area (Å²) in [6, 6.07) is 3.80. The minimum absolute atomic E-state index is 0.238. The summed E-state index contributed by atoms with van der Waals surface area (Å²) >= 11 is 6.17. The summed E-state index contributed by atoms with van der Waals surface area (Å²) < 4.78 is 10.5. The molecule has 1 rings (SSSR count). The van der Waals surface area contributed by atoms with E-state index in [-0.39, 0.29) is 6.61 Å². The van der Waals surface area contributed by atoms with Crippen LogP contribution in [0, 0.1) is 5.92 Å². The highest BCUT2D eigenvalue weighted by Gasteiger charge is 2.11. The SMILES string of the molecule is CCC(CCO)CNCc1cc(Cl)c(OC)c(OC)c1. The van der Waals surface area contributed by atoms with E-state index in [1.54, 1.807) is 14.2 Å². The zero-order valence-corrected chi connectivity index (χ0v) is 13.2. The minimum atomic E-state index is 0.238. The average molecular weight is 302 g/mol. The lowest BCUT2D eigenvalue weighted by molar-refractivity contribution is 0.251. The maximum absolute atomic E-state index is 8.97. The molecule has 0 heterocycles. The van der Waals surface area contributed by atoms with E-state index >= 15 is 0 Å². The molecule has 1 atom stereocenters. The van der Waals surface area contributed by atoms with Crippen molar-refractivity contribution in [2.24, 2.45) is 5.92 Å². The smallest absolute Gasteiger partial charge is 0.179 e. The van der Waals surface area contributed by atoms with Crippen LogP contribution in [-0.4, -0.2) is 32.5 Å². The summed E-state index contributed by atoms with van der Waals surface area (Å²) in [5.41, 5.74) is 1.05. The maximum Gasteiger partial charge on any atom is 0.179 e. The van der Waals surface area contributed by atoms with Crippen LogP contribution in [0.25, 0.3) is 0 Å². The van der Waals surface area contributed by atoms with E-state index in [4.69, 9.17) is 26.2 Å². The fraction of sp³-hybridized carbons (Fsp3) is 0.600. The van der Waals surface area contributed by atoms with E-state index < -0.39 is 0 Å². The van der Waals surface area contributed by atoms with Crippen molar-refractivity contribution in [3.63, 3.8) is 0 Å². The Bertz CT molecular complexity index is 412. The lowest BCUT2D eigenvalue weighted by Gasteiger charge is -2.15. The summed E-state index contributed by atoms with van der Waals surface area (Å²) in [5, 5.41) is 12.9. The molecule has 1 unspecified atom stereocenters. The monoisotopic (exact) mass is 301 g/mol. The molecular formula is C15H24ClNO3. The molecule has 1 aromatic carbocycles. The standard InChI is InChI=1S/C15H24ClNO3/c1-4-11(5-6-18)9-17-10-12-7-13(16)15(20-3)14(8-12)19-2/h7-8,11,17-18H,4-6,9-10H2,1-3H3. The van der Waals surface area contributed by atoms with Crippen molar-refractivity contribution in [1.82, 2.24) is 5.32 Å². The number of ether oxygens (including phenoxy) is 2. The molecule has 0 saturated heterocycles. The quantitative estimate of drug-likeness (QED) is 0.736. The highest BCUT2D eigenvalue weighted by atomic mass is 35.5. The number of hydrogen-bond acceptors (Lipinski definition) is 4. The molecular weight excluding hydrogens is 278 g/mol. The van der Waals surface area contributed by atoms with Gasteiger partial charge in [-0.1, -0.05) is 24.9 Å². The van der Waals surface area contributed by atoms with Crippen LogP contribution in [0.15, 0.2) is 12.1 Å². The van der Waals surface area contributed by atoms with Crippen molar-refractivity contribution in [2.45, 2.75) is 26.3 Å². The van der Waals surface area contributed by atoms with Gasteiger partial charge in [0.1, 0.15) is 0 Å². The molecule has 0 radical (unpaired) electrons. The fourth-order valence-corrected chi connectivity index (χ4v) is 2.44. The summed E-state index contributed by atoms with van der Waals surface area (Å²) in [5.74, 6) is 1.69. The van der Waals surface area contributed by atoms with Gasteiger partial charge in [-0.15, -0.1) is 0 Å². The molecule has 0 fully saturated rings. The predicted molar refractivity (Wildman–Crippen MR) is 81.7 cm³/mol. The largest absolute Gasteiger partial charge is 0.493 e. The minimum Gasteiger partial charge on any atom is -0.493 e. The van der Waals surface area contributed by atoms with Gasteiger partial charge in [-0.2, -0.15) is 0 Å². The maximum atomic E-state index is 8.97.